The van der Waals surface area contributed by atoms with Gasteiger partial charge in [0.2, 0.25) is 0 Å². The minimum absolute atomic E-state index is 0.324. The van der Waals surface area contributed by atoms with Crippen molar-refractivity contribution in [1.82, 2.24) is 4.90 Å². The largest absolute Gasteiger partial charge is 0.496 e. The predicted molar refractivity (Wildman–Crippen MR) is 72.1 cm³/mol. The minimum Gasteiger partial charge on any atom is -0.496 e. The summed E-state index contributed by atoms with van der Waals surface area (Å²) in [4.78, 5) is 2.33. The van der Waals surface area contributed by atoms with Crippen LogP contribution in [-0.2, 0) is 0 Å². The average molecular weight is 250 g/mol. The zero-order chi connectivity index (χ0) is 13.1. The lowest BCUT2D eigenvalue weighted by Gasteiger charge is -2.23. The maximum absolute atomic E-state index is 5.79. The molecule has 1 aliphatic rings. The van der Waals surface area contributed by atoms with E-state index in [1.807, 2.05) is 18.2 Å². The van der Waals surface area contributed by atoms with E-state index in [0.29, 0.717) is 12.0 Å². The molecule has 0 radical (unpaired) electrons. The lowest BCUT2D eigenvalue weighted by Crippen LogP contribution is -2.21. The lowest BCUT2D eigenvalue weighted by atomic mass is 9.98. The van der Waals surface area contributed by atoms with Crippen LogP contribution in [0.25, 0.3) is 0 Å². The number of nitrogens with two attached hydrogens (primary N) is 1. The van der Waals surface area contributed by atoms with Crippen LogP contribution in [-0.4, -0.2) is 39.3 Å². The summed E-state index contributed by atoms with van der Waals surface area (Å²) in [5, 5.41) is 0. The quantitative estimate of drug-likeness (QED) is 0.883. The van der Waals surface area contributed by atoms with E-state index in [1.165, 1.54) is 0 Å². The van der Waals surface area contributed by atoms with Gasteiger partial charge in [0.25, 0.3) is 0 Å². The number of likely N-dealkylation sites (tertiary alicyclic amines) is 1. The van der Waals surface area contributed by atoms with Crippen LogP contribution in [0.1, 0.15) is 18.0 Å². The molecule has 2 atom stereocenters. The van der Waals surface area contributed by atoms with Crippen molar-refractivity contribution in [3.8, 4) is 11.5 Å². The summed E-state index contributed by atoms with van der Waals surface area (Å²) in [6.07, 6.45) is 1.06. The molecule has 4 heteroatoms. The maximum atomic E-state index is 5.79. The number of hydrogen-bond donors (Lipinski definition) is 1. The Morgan fingerprint density at radius 1 is 1.28 bits per heavy atom. The highest BCUT2D eigenvalue weighted by Crippen LogP contribution is 2.42. The molecule has 0 bridgehead atoms. The maximum Gasteiger partial charge on any atom is 0.127 e. The lowest BCUT2D eigenvalue weighted by molar-refractivity contribution is 0.291. The van der Waals surface area contributed by atoms with Gasteiger partial charge in [0.05, 0.1) is 19.8 Å². The van der Waals surface area contributed by atoms with Gasteiger partial charge >= 0.3 is 0 Å². The number of methoxy groups -OCH3 is 2. The summed E-state index contributed by atoms with van der Waals surface area (Å²) in [6.45, 7) is 1.76. The van der Waals surface area contributed by atoms with E-state index in [1.54, 1.807) is 14.2 Å². The molecule has 1 aromatic carbocycles. The molecule has 18 heavy (non-hydrogen) atoms. The van der Waals surface area contributed by atoms with Crippen molar-refractivity contribution in [2.45, 2.75) is 12.5 Å². The number of hydrogen-bond acceptors (Lipinski definition) is 4. The van der Waals surface area contributed by atoms with Gasteiger partial charge in [-0.15, -0.1) is 0 Å². The van der Waals surface area contributed by atoms with E-state index in [0.717, 1.165) is 36.6 Å². The fraction of sp³-hybridized carbons (Fsp3) is 0.571. The summed E-state index contributed by atoms with van der Waals surface area (Å²) >= 11 is 0. The third kappa shape index (κ3) is 2.31. The van der Waals surface area contributed by atoms with Gasteiger partial charge in [-0.3, -0.25) is 4.90 Å². The van der Waals surface area contributed by atoms with Crippen LogP contribution >= 0.6 is 0 Å². The van der Waals surface area contributed by atoms with E-state index in [-0.39, 0.29) is 0 Å². The van der Waals surface area contributed by atoms with Crippen molar-refractivity contribution in [3.63, 3.8) is 0 Å². The first kappa shape index (κ1) is 13.2. The van der Waals surface area contributed by atoms with E-state index in [2.05, 4.69) is 11.9 Å². The summed E-state index contributed by atoms with van der Waals surface area (Å²) < 4.78 is 11.0. The standard InChI is InChI=1S/C14H22N2O2/c1-16-9-10(8-15)7-11(16)14-12(17-2)5-4-6-13(14)18-3/h4-6,10-11H,7-9,15H2,1-3H3. The zero-order valence-electron chi connectivity index (χ0n) is 11.3. The highest BCUT2D eigenvalue weighted by Gasteiger charge is 2.33. The molecule has 0 saturated carbocycles. The van der Waals surface area contributed by atoms with E-state index in [4.69, 9.17) is 15.2 Å². The van der Waals surface area contributed by atoms with Gasteiger partial charge < -0.3 is 15.2 Å². The van der Waals surface area contributed by atoms with Crippen molar-refractivity contribution in [2.24, 2.45) is 11.7 Å². The second-order valence-electron chi connectivity index (χ2n) is 4.87. The van der Waals surface area contributed by atoms with Gasteiger partial charge in [0.15, 0.2) is 0 Å². The minimum atomic E-state index is 0.324. The van der Waals surface area contributed by atoms with Gasteiger partial charge in [-0.2, -0.15) is 0 Å². The Hall–Kier alpha value is -1.26. The molecule has 1 aromatic rings. The molecule has 1 heterocycles. The number of benzene rings is 1. The SMILES string of the molecule is COc1cccc(OC)c1C1CC(CN)CN1C. The summed E-state index contributed by atoms with van der Waals surface area (Å²) in [7, 11) is 5.54. The van der Waals surface area contributed by atoms with Crippen LogP contribution in [0.15, 0.2) is 18.2 Å². The Morgan fingerprint density at radius 3 is 2.33 bits per heavy atom. The second kappa shape index (κ2) is 5.59. The molecule has 1 saturated heterocycles. The first-order chi connectivity index (χ1) is 8.71. The number of nitrogens with zero attached hydrogens (tertiary/aromatic N) is 1. The van der Waals surface area contributed by atoms with Crippen LogP contribution in [0.5, 0.6) is 11.5 Å². The molecular formula is C14H22N2O2. The molecular weight excluding hydrogens is 228 g/mol. The summed E-state index contributed by atoms with van der Waals surface area (Å²) in [5.74, 6) is 2.34. The molecule has 1 fully saturated rings. The summed E-state index contributed by atoms with van der Waals surface area (Å²) in [5.41, 5.74) is 6.93. The molecule has 2 unspecified atom stereocenters. The van der Waals surface area contributed by atoms with Crippen molar-refractivity contribution < 1.29 is 9.47 Å². The fourth-order valence-electron chi connectivity index (χ4n) is 2.82. The Bertz CT molecular complexity index is 387. The van der Waals surface area contributed by atoms with Crippen molar-refractivity contribution in [1.29, 1.82) is 0 Å². The Kier molecular flexibility index (Phi) is 4.09. The first-order valence-corrected chi connectivity index (χ1v) is 6.32. The van der Waals surface area contributed by atoms with E-state index in [9.17, 15) is 0 Å². The molecule has 0 amide bonds. The second-order valence-corrected chi connectivity index (χ2v) is 4.87. The third-order valence-corrected chi connectivity index (χ3v) is 3.77. The van der Waals surface area contributed by atoms with Gasteiger partial charge in [0.1, 0.15) is 11.5 Å². The Morgan fingerprint density at radius 2 is 1.89 bits per heavy atom. The number of ether oxygens (including phenoxy) is 2. The zero-order valence-corrected chi connectivity index (χ0v) is 11.3. The van der Waals surface area contributed by atoms with Crippen LogP contribution in [0.4, 0.5) is 0 Å². The van der Waals surface area contributed by atoms with Crippen LogP contribution in [0.3, 0.4) is 0 Å². The molecule has 100 valence electrons. The first-order valence-electron chi connectivity index (χ1n) is 6.32. The molecule has 0 aromatic heterocycles. The Labute approximate surface area is 109 Å². The van der Waals surface area contributed by atoms with E-state index < -0.39 is 0 Å². The molecule has 1 aliphatic heterocycles. The van der Waals surface area contributed by atoms with Gasteiger partial charge in [-0.1, -0.05) is 6.07 Å². The highest BCUT2D eigenvalue weighted by molar-refractivity contribution is 5.47. The van der Waals surface area contributed by atoms with Gasteiger partial charge in [-0.05, 0) is 38.1 Å². The smallest absolute Gasteiger partial charge is 0.127 e. The third-order valence-electron chi connectivity index (χ3n) is 3.77. The predicted octanol–water partition coefficient (Wildman–Crippen LogP) is 1.66. The van der Waals surface area contributed by atoms with Crippen molar-refractivity contribution >= 4 is 0 Å². The van der Waals surface area contributed by atoms with Gasteiger partial charge in [0, 0.05) is 12.6 Å². The van der Waals surface area contributed by atoms with Crippen LogP contribution < -0.4 is 15.2 Å². The molecule has 2 rings (SSSR count). The number of rotatable bonds is 4. The van der Waals surface area contributed by atoms with Crippen molar-refractivity contribution in [2.75, 3.05) is 34.4 Å². The Balaban J connectivity index is 2.37. The highest BCUT2D eigenvalue weighted by atomic mass is 16.5. The normalized spacial score (nSPS) is 24.2. The van der Waals surface area contributed by atoms with Gasteiger partial charge in [-0.25, -0.2) is 0 Å². The topological polar surface area (TPSA) is 47.7 Å². The molecule has 0 spiro atoms. The summed E-state index contributed by atoms with van der Waals surface area (Å²) in [6, 6.07) is 6.25. The molecule has 0 aliphatic carbocycles. The van der Waals surface area contributed by atoms with Crippen LogP contribution in [0.2, 0.25) is 0 Å². The van der Waals surface area contributed by atoms with Crippen molar-refractivity contribution in [3.05, 3.63) is 23.8 Å². The monoisotopic (exact) mass is 250 g/mol. The molecule has 2 N–H and O–H groups in total. The average Bonchev–Trinajstić information content (AvgIpc) is 2.78. The molecule has 4 nitrogen and oxygen atoms in total. The fourth-order valence-corrected chi connectivity index (χ4v) is 2.82. The van der Waals surface area contributed by atoms with E-state index >= 15 is 0 Å². The van der Waals surface area contributed by atoms with Crippen LogP contribution in [0, 0.1) is 5.92 Å².